The SMILES string of the molecule is CN1CCN(C(=O)C2CC(O)(C(F)(F)F)C2)CC1(C)C. The van der Waals surface area contributed by atoms with Crippen molar-refractivity contribution in [3.63, 3.8) is 0 Å². The standard InChI is InChI=1S/C13H21F3N2O2/c1-11(2)8-18(5-4-17(11)3)10(19)9-6-12(20,7-9)13(14,15)16/h9,20H,4-8H2,1-3H3. The summed E-state index contributed by atoms with van der Waals surface area (Å²) in [5.41, 5.74) is -2.85. The first-order chi connectivity index (χ1) is 8.96. The van der Waals surface area contributed by atoms with Crippen LogP contribution in [0.15, 0.2) is 0 Å². The van der Waals surface area contributed by atoms with Crippen molar-refractivity contribution in [2.45, 2.75) is 44.0 Å². The average molecular weight is 294 g/mol. The number of carbonyl (C=O) groups excluding carboxylic acids is 1. The summed E-state index contributed by atoms with van der Waals surface area (Å²) in [6.07, 6.45) is -5.67. The van der Waals surface area contributed by atoms with Crippen LogP contribution in [0.2, 0.25) is 0 Å². The molecule has 2 fully saturated rings. The maximum Gasteiger partial charge on any atom is 0.417 e. The summed E-state index contributed by atoms with van der Waals surface area (Å²) >= 11 is 0. The quantitative estimate of drug-likeness (QED) is 0.791. The van der Waals surface area contributed by atoms with Gasteiger partial charge in [0.2, 0.25) is 5.91 Å². The lowest BCUT2D eigenvalue weighted by Crippen LogP contribution is -2.63. The van der Waals surface area contributed by atoms with E-state index in [1.54, 1.807) is 4.90 Å². The minimum Gasteiger partial charge on any atom is -0.380 e. The summed E-state index contributed by atoms with van der Waals surface area (Å²) in [7, 11) is 1.97. The summed E-state index contributed by atoms with van der Waals surface area (Å²) in [5.74, 6) is -0.971. The molecule has 1 saturated carbocycles. The van der Waals surface area contributed by atoms with E-state index in [0.29, 0.717) is 19.6 Å². The molecule has 0 radical (unpaired) electrons. The highest BCUT2D eigenvalue weighted by molar-refractivity contribution is 5.80. The Kier molecular flexibility index (Phi) is 3.57. The van der Waals surface area contributed by atoms with Crippen LogP contribution >= 0.6 is 0 Å². The summed E-state index contributed by atoms with van der Waals surface area (Å²) in [6, 6.07) is 0. The van der Waals surface area contributed by atoms with Gasteiger partial charge in [-0.05, 0) is 33.7 Å². The third-order valence-corrected chi connectivity index (χ3v) is 4.67. The van der Waals surface area contributed by atoms with Gasteiger partial charge in [0.05, 0.1) is 0 Å². The van der Waals surface area contributed by atoms with E-state index in [-0.39, 0.29) is 11.4 Å². The van der Waals surface area contributed by atoms with E-state index in [2.05, 4.69) is 4.90 Å². The molecule has 4 nitrogen and oxygen atoms in total. The van der Waals surface area contributed by atoms with E-state index in [0.717, 1.165) is 0 Å². The van der Waals surface area contributed by atoms with Crippen LogP contribution in [0.5, 0.6) is 0 Å². The van der Waals surface area contributed by atoms with Gasteiger partial charge in [0.25, 0.3) is 0 Å². The summed E-state index contributed by atoms with van der Waals surface area (Å²) in [4.78, 5) is 16.0. The van der Waals surface area contributed by atoms with Crippen LogP contribution in [0.4, 0.5) is 13.2 Å². The normalized spacial score (nSPS) is 34.8. The minimum absolute atomic E-state index is 0.183. The van der Waals surface area contributed by atoms with Crippen LogP contribution in [0.25, 0.3) is 0 Å². The number of hydrogen-bond donors (Lipinski definition) is 1. The highest BCUT2D eigenvalue weighted by Crippen LogP contribution is 2.49. The van der Waals surface area contributed by atoms with E-state index in [9.17, 15) is 23.1 Å². The second kappa shape index (κ2) is 4.59. The van der Waals surface area contributed by atoms with E-state index in [1.165, 1.54) is 0 Å². The molecule has 2 aliphatic rings. The molecule has 1 amide bonds. The molecule has 1 aliphatic heterocycles. The van der Waals surface area contributed by atoms with E-state index < -0.39 is 30.5 Å². The number of nitrogens with zero attached hydrogens (tertiary/aromatic N) is 2. The third-order valence-electron chi connectivity index (χ3n) is 4.67. The molecular weight excluding hydrogens is 273 g/mol. The number of hydrogen-bond acceptors (Lipinski definition) is 3. The number of alkyl halides is 3. The number of piperazine rings is 1. The smallest absolute Gasteiger partial charge is 0.380 e. The molecule has 116 valence electrons. The Morgan fingerprint density at radius 3 is 2.25 bits per heavy atom. The molecule has 0 bridgehead atoms. The van der Waals surface area contributed by atoms with Crippen molar-refractivity contribution in [1.29, 1.82) is 0 Å². The van der Waals surface area contributed by atoms with Crippen molar-refractivity contribution in [3.8, 4) is 0 Å². The monoisotopic (exact) mass is 294 g/mol. The Morgan fingerprint density at radius 1 is 1.25 bits per heavy atom. The summed E-state index contributed by atoms with van der Waals surface area (Å²) < 4.78 is 37.7. The van der Waals surface area contributed by atoms with Gasteiger partial charge in [0.1, 0.15) is 0 Å². The van der Waals surface area contributed by atoms with Gasteiger partial charge in [0, 0.05) is 31.1 Å². The van der Waals surface area contributed by atoms with Gasteiger partial charge in [-0.25, -0.2) is 0 Å². The minimum atomic E-state index is -4.65. The zero-order valence-corrected chi connectivity index (χ0v) is 12.0. The maximum atomic E-state index is 12.6. The van der Waals surface area contributed by atoms with Crippen molar-refractivity contribution < 1.29 is 23.1 Å². The zero-order chi connectivity index (χ0) is 15.3. The fourth-order valence-electron chi connectivity index (χ4n) is 2.85. The van der Waals surface area contributed by atoms with Crippen LogP contribution in [0.1, 0.15) is 26.7 Å². The Labute approximate surface area is 116 Å². The molecule has 20 heavy (non-hydrogen) atoms. The van der Waals surface area contributed by atoms with Crippen LogP contribution in [-0.4, -0.2) is 64.8 Å². The van der Waals surface area contributed by atoms with Crippen molar-refractivity contribution in [2.24, 2.45) is 5.92 Å². The van der Waals surface area contributed by atoms with Gasteiger partial charge in [-0.3, -0.25) is 9.69 Å². The molecule has 0 atom stereocenters. The number of aliphatic hydroxyl groups is 1. The number of amides is 1. The number of likely N-dealkylation sites (N-methyl/N-ethyl adjacent to an activating group) is 1. The average Bonchev–Trinajstić information content (AvgIpc) is 2.26. The second-order valence-corrected chi connectivity index (χ2v) is 6.63. The second-order valence-electron chi connectivity index (χ2n) is 6.63. The summed E-state index contributed by atoms with van der Waals surface area (Å²) in [5, 5.41) is 9.40. The summed E-state index contributed by atoms with van der Waals surface area (Å²) in [6.45, 7) is 5.73. The van der Waals surface area contributed by atoms with Gasteiger partial charge < -0.3 is 10.0 Å². The molecule has 1 saturated heterocycles. The van der Waals surface area contributed by atoms with Crippen LogP contribution < -0.4 is 0 Å². The predicted molar refractivity (Wildman–Crippen MR) is 67.0 cm³/mol. The molecule has 1 aliphatic carbocycles. The molecule has 7 heteroatoms. The third kappa shape index (κ3) is 2.53. The molecule has 1 heterocycles. The Morgan fingerprint density at radius 2 is 1.80 bits per heavy atom. The molecule has 0 aromatic rings. The number of rotatable bonds is 1. The van der Waals surface area contributed by atoms with Gasteiger partial charge in [-0.15, -0.1) is 0 Å². The lowest BCUT2D eigenvalue weighted by Gasteiger charge is -2.49. The van der Waals surface area contributed by atoms with E-state index in [4.69, 9.17) is 0 Å². The maximum absolute atomic E-state index is 12.6. The molecular formula is C13H21F3N2O2. The largest absolute Gasteiger partial charge is 0.417 e. The Balaban J connectivity index is 1.95. The van der Waals surface area contributed by atoms with Crippen LogP contribution in [0.3, 0.4) is 0 Å². The first-order valence-corrected chi connectivity index (χ1v) is 6.75. The topological polar surface area (TPSA) is 43.8 Å². The highest BCUT2D eigenvalue weighted by atomic mass is 19.4. The predicted octanol–water partition coefficient (Wildman–Crippen LogP) is 1.24. The van der Waals surface area contributed by atoms with Gasteiger partial charge >= 0.3 is 6.18 Å². The lowest BCUT2D eigenvalue weighted by atomic mass is 9.69. The number of halogens is 3. The van der Waals surface area contributed by atoms with Gasteiger partial charge in [-0.1, -0.05) is 0 Å². The van der Waals surface area contributed by atoms with Crippen molar-refractivity contribution >= 4 is 5.91 Å². The molecule has 2 rings (SSSR count). The van der Waals surface area contributed by atoms with Gasteiger partial charge in [0.15, 0.2) is 5.60 Å². The Bertz CT molecular complexity index is 403. The van der Waals surface area contributed by atoms with E-state index in [1.807, 2.05) is 20.9 Å². The molecule has 0 aromatic carbocycles. The lowest BCUT2D eigenvalue weighted by molar-refractivity contribution is -0.297. The Hall–Kier alpha value is -0.820. The van der Waals surface area contributed by atoms with Crippen molar-refractivity contribution in [3.05, 3.63) is 0 Å². The molecule has 0 spiro atoms. The van der Waals surface area contributed by atoms with Crippen molar-refractivity contribution in [2.75, 3.05) is 26.7 Å². The fraction of sp³-hybridized carbons (Fsp3) is 0.923. The van der Waals surface area contributed by atoms with Crippen molar-refractivity contribution in [1.82, 2.24) is 9.80 Å². The first kappa shape index (κ1) is 15.6. The zero-order valence-electron chi connectivity index (χ0n) is 12.0. The van der Waals surface area contributed by atoms with Crippen LogP contribution in [0, 0.1) is 5.92 Å². The number of carbonyl (C=O) groups is 1. The first-order valence-electron chi connectivity index (χ1n) is 6.75. The fourth-order valence-corrected chi connectivity index (χ4v) is 2.85. The molecule has 0 aromatic heterocycles. The molecule has 0 unspecified atom stereocenters. The van der Waals surface area contributed by atoms with E-state index >= 15 is 0 Å². The van der Waals surface area contributed by atoms with Crippen LogP contribution in [-0.2, 0) is 4.79 Å². The van der Waals surface area contributed by atoms with Gasteiger partial charge in [-0.2, -0.15) is 13.2 Å². The molecule has 1 N–H and O–H groups in total. The highest BCUT2D eigenvalue weighted by Gasteiger charge is 2.63.